The van der Waals surface area contributed by atoms with Gasteiger partial charge in [-0.3, -0.25) is 9.78 Å². The van der Waals surface area contributed by atoms with Gasteiger partial charge in [0.25, 0.3) is 5.91 Å². The topological polar surface area (TPSA) is 59.2 Å². The average Bonchev–Trinajstić information content (AvgIpc) is 2.58. The van der Waals surface area contributed by atoms with Crippen molar-refractivity contribution in [2.45, 2.75) is 25.3 Å². The zero-order chi connectivity index (χ0) is 17.1. The van der Waals surface area contributed by atoms with Crippen molar-refractivity contribution in [1.82, 2.24) is 9.88 Å². The standard InChI is InChI=1S/C18H19FIN3O/c19-17-10-14(20)2-1-12(17)9-13-11-22-6-3-16(13)18(24)23-7-4-15(21)5-8-23/h1-3,6,10-11,15H,4-5,7-9,21H2. The molecule has 1 aliphatic heterocycles. The Labute approximate surface area is 154 Å². The number of amides is 1. The minimum atomic E-state index is -0.256. The number of likely N-dealkylation sites (tertiary alicyclic amines) is 1. The minimum Gasteiger partial charge on any atom is -0.339 e. The number of carbonyl (C=O) groups excluding carboxylic acids is 1. The van der Waals surface area contributed by atoms with Gasteiger partial charge in [0, 0.05) is 47.1 Å². The van der Waals surface area contributed by atoms with Gasteiger partial charge in [-0.1, -0.05) is 6.07 Å². The van der Waals surface area contributed by atoms with Crippen molar-refractivity contribution in [2.75, 3.05) is 13.1 Å². The van der Waals surface area contributed by atoms with Crippen molar-refractivity contribution in [2.24, 2.45) is 5.73 Å². The quantitative estimate of drug-likeness (QED) is 0.749. The normalized spacial score (nSPS) is 15.5. The summed E-state index contributed by atoms with van der Waals surface area (Å²) in [5.41, 5.74) is 7.82. The summed E-state index contributed by atoms with van der Waals surface area (Å²) in [6.07, 6.45) is 5.25. The largest absolute Gasteiger partial charge is 0.339 e. The molecular formula is C18H19FIN3O. The van der Waals surface area contributed by atoms with E-state index in [-0.39, 0.29) is 17.8 Å². The van der Waals surface area contributed by atoms with Crippen LogP contribution in [0.25, 0.3) is 0 Å². The van der Waals surface area contributed by atoms with Crippen molar-refractivity contribution in [3.05, 3.63) is 62.7 Å². The number of nitrogens with two attached hydrogens (primary N) is 1. The van der Waals surface area contributed by atoms with Gasteiger partial charge in [0.1, 0.15) is 5.82 Å². The van der Waals surface area contributed by atoms with E-state index >= 15 is 0 Å². The lowest BCUT2D eigenvalue weighted by atomic mass is 9.99. The lowest BCUT2D eigenvalue weighted by Crippen LogP contribution is -2.43. The van der Waals surface area contributed by atoms with Crippen molar-refractivity contribution < 1.29 is 9.18 Å². The molecule has 0 aliphatic carbocycles. The van der Waals surface area contributed by atoms with E-state index in [1.54, 1.807) is 24.5 Å². The number of nitrogens with zero attached hydrogens (tertiary/aromatic N) is 2. The van der Waals surface area contributed by atoms with Crippen LogP contribution in [-0.4, -0.2) is 34.9 Å². The Morgan fingerprint density at radius 3 is 2.75 bits per heavy atom. The van der Waals surface area contributed by atoms with E-state index in [1.165, 1.54) is 6.07 Å². The highest BCUT2D eigenvalue weighted by molar-refractivity contribution is 14.1. The maximum absolute atomic E-state index is 14.1. The molecule has 1 aromatic carbocycles. The first-order valence-electron chi connectivity index (χ1n) is 7.96. The van der Waals surface area contributed by atoms with Crippen LogP contribution < -0.4 is 5.73 Å². The van der Waals surface area contributed by atoms with Gasteiger partial charge in [0.15, 0.2) is 0 Å². The van der Waals surface area contributed by atoms with E-state index in [0.717, 1.165) is 22.0 Å². The summed E-state index contributed by atoms with van der Waals surface area (Å²) >= 11 is 2.08. The lowest BCUT2D eigenvalue weighted by Gasteiger charge is -2.30. The second-order valence-corrected chi connectivity index (χ2v) is 7.32. The van der Waals surface area contributed by atoms with Gasteiger partial charge in [-0.25, -0.2) is 4.39 Å². The Bertz CT molecular complexity index is 745. The van der Waals surface area contributed by atoms with Crippen LogP contribution >= 0.6 is 22.6 Å². The highest BCUT2D eigenvalue weighted by Crippen LogP contribution is 2.20. The molecule has 0 unspecified atom stereocenters. The SMILES string of the molecule is NC1CCN(C(=O)c2ccncc2Cc2ccc(I)cc2F)CC1. The van der Waals surface area contributed by atoms with Crippen LogP contribution in [0.1, 0.15) is 34.3 Å². The molecule has 4 nitrogen and oxygen atoms in total. The van der Waals surface area contributed by atoms with E-state index in [0.29, 0.717) is 30.6 Å². The van der Waals surface area contributed by atoms with Crippen molar-refractivity contribution >= 4 is 28.5 Å². The fourth-order valence-electron chi connectivity index (χ4n) is 2.92. The fourth-order valence-corrected chi connectivity index (χ4v) is 3.37. The second kappa shape index (κ2) is 7.57. The number of halogens is 2. The van der Waals surface area contributed by atoms with Gasteiger partial charge >= 0.3 is 0 Å². The van der Waals surface area contributed by atoms with Crippen molar-refractivity contribution in [1.29, 1.82) is 0 Å². The maximum atomic E-state index is 14.1. The number of carbonyl (C=O) groups is 1. The zero-order valence-electron chi connectivity index (χ0n) is 13.2. The lowest BCUT2D eigenvalue weighted by molar-refractivity contribution is 0.0713. The van der Waals surface area contributed by atoms with Gasteiger partial charge in [-0.2, -0.15) is 0 Å². The summed E-state index contributed by atoms with van der Waals surface area (Å²) in [5, 5.41) is 0. The first kappa shape index (κ1) is 17.3. The predicted molar refractivity (Wildman–Crippen MR) is 99.3 cm³/mol. The zero-order valence-corrected chi connectivity index (χ0v) is 15.4. The molecule has 3 rings (SSSR count). The summed E-state index contributed by atoms with van der Waals surface area (Å²) in [6, 6.07) is 7.02. The van der Waals surface area contributed by atoms with Gasteiger partial charge in [-0.05, 0) is 64.8 Å². The summed E-state index contributed by atoms with van der Waals surface area (Å²) in [4.78, 5) is 18.8. The highest BCUT2D eigenvalue weighted by atomic mass is 127. The molecule has 0 spiro atoms. The monoisotopic (exact) mass is 439 g/mol. The molecule has 1 aromatic heterocycles. The van der Waals surface area contributed by atoms with Crippen LogP contribution in [0, 0.1) is 9.39 Å². The smallest absolute Gasteiger partial charge is 0.254 e. The third kappa shape index (κ3) is 3.92. The molecule has 2 heterocycles. The maximum Gasteiger partial charge on any atom is 0.254 e. The van der Waals surface area contributed by atoms with E-state index in [2.05, 4.69) is 27.6 Å². The average molecular weight is 439 g/mol. The summed E-state index contributed by atoms with van der Waals surface area (Å²) in [7, 11) is 0. The molecule has 1 fully saturated rings. The number of pyridine rings is 1. The summed E-state index contributed by atoms with van der Waals surface area (Å²) in [6.45, 7) is 1.33. The first-order valence-corrected chi connectivity index (χ1v) is 9.04. The van der Waals surface area contributed by atoms with Crippen LogP contribution in [0.2, 0.25) is 0 Å². The van der Waals surface area contributed by atoms with Crippen LogP contribution in [-0.2, 0) is 6.42 Å². The third-order valence-corrected chi connectivity index (χ3v) is 5.03. The minimum absolute atomic E-state index is 0.0229. The van der Waals surface area contributed by atoms with Crippen LogP contribution in [0.3, 0.4) is 0 Å². The van der Waals surface area contributed by atoms with Crippen LogP contribution in [0.15, 0.2) is 36.7 Å². The van der Waals surface area contributed by atoms with Gasteiger partial charge < -0.3 is 10.6 Å². The van der Waals surface area contributed by atoms with Crippen molar-refractivity contribution in [3.63, 3.8) is 0 Å². The molecule has 0 bridgehead atoms. The van der Waals surface area contributed by atoms with Gasteiger partial charge in [-0.15, -0.1) is 0 Å². The Kier molecular flexibility index (Phi) is 5.45. The van der Waals surface area contributed by atoms with E-state index in [1.807, 2.05) is 11.0 Å². The molecule has 2 aromatic rings. The number of aromatic nitrogens is 1. The molecular weight excluding hydrogens is 420 g/mol. The number of rotatable bonds is 3. The van der Waals surface area contributed by atoms with Crippen LogP contribution in [0.5, 0.6) is 0 Å². The number of piperidine rings is 1. The van der Waals surface area contributed by atoms with Gasteiger partial charge in [0.05, 0.1) is 0 Å². The molecule has 6 heteroatoms. The first-order chi connectivity index (χ1) is 11.5. The molecule has 1 amide bonds. The van der Waals surface area contributed by atoms with E-state index in [4.69, 9.17) is 5.73 Å². The molecule has 24 heavy (non-hydrogen) atoms. The van der Waals surface area contributed by atoms with Crippen molar-refractivity contribution in [3.8, 4) is 0 Å². The molecule has 0 saturated carbocycles. The molecule has 1 saturated heterocycles. The number of benzene rings is 1. The third-order valence-electron chi connectivity index (χ3n) is 4.36. The Morgan fingerprint density at radius 1 is 1.29 bits per heavy atom. The molecule has 2 N–H and O–H groups in total. The summed E-state index contributed by atoms with van der Waals surface area (Å²) in [5.74, 6) is -0.279. The second-order valence-electron chi connectivity index (χ2n) is 6.07. The highest BCUT2D eigenvalue weighted by Gasteiger charge is 2.23. The van der Waals surface area contributed by atoms with E-state index < -0.39 is 0 Å². The number of hydrogen-bond donors (Lipinski definition) is 1. The Hall–Kier alpha value is -1.54. The van der Waals surface area contributed by atoms with Crippen LogP contribution in [0.4, 0.5) is 4.39 Å². The Morgan fingerprint density at radius 2 is 2.04 bits per heavy atom. The fraction of sp³-hybridized carbons (Fsp3) is 0.333. The molecule has 126 valence electrons. The molecule has 0 radical (unpaired) electrons. The predicted octanol–water partition coefficient (Wildman–Crippen LogP) is 2.98. The van der Waals surface area contributed by atoms with E-state index in [9.17, 15) is 9.18 Å². The molecule has 1 aliphatic rings. The molecule has 0 atom stereocenters. The Balaban J connectivity index is 1.83. The summed E-state index contributed by atoms with van der Waals surface area (Å²) < 4.78 is 15.0. The van der Waals surface area contributed by atoms with Gasteiger partial charge in [0.2, 0.25) is 0 Å². The number of hydrogen-bond acceptors (Lipinski definition) is 3.